The normalized spacial score (nSPS) is 20.3. The zero-order valence-electron chi connectivity index (χ0n) is 13.2. The smallest absolute Gasteiger partial charge is 0.0623 e. The number of rotatable bonds is 7. The molecule has 3 heteroatoms. The summed E-state index contributed by atoms with van der Waals surface area (Å²) < 4.78 is 5.53. The van der Waals surface area contributed by atoms with Crippen molar-refractivity contribution >= 4 is 0 Å². The monoisotopic (exact) mass is 256 g/mol. The van der Waals surface area contributed by atoms with Gasteiger partial charge < -0.3 is 10.1 Å². The molecule has 0 aromatic carbocycles. The molecule has 0 amide bonds. The van der Waals surface area contributed by atoms with E-state index in [1.807, 2.05) is 0 Å². The molecule has 1 saturated heterocycles. The summed E-state index contributed by atoms with van der Waals surface area (Å²) in [4.78, 5) is 2.63. The SMILES string of the molecule is CNC(CCC(C)(C)OC)C(C)(C)N1CCCC1. The molecule has 1 rings (SSSR count). The van der Waals surface area contributed by atoms with E-state index in [1.165, 1.54) is 25.9 Å². The van der Waals surface area contributed by atoms with Crippen LogP contribution in [0.2, 0.25) is 0 Å². The molecule has 0 bridgehead atoms. The third-order valence-electron chi connectivity index (χ3n) is 4.71. The summed E-state index contributed by atoms with van der Waals surface area (Å²) in [7, 11) is 3.89. The van der Waals surface area contributed by atoms with Gasteiger partial charge in [-0.3, -0.25) is 4.90 Å². The second-order valence-electron chi connectivity index (χ2n) is 6.69. The number of nitrogens with zero attached hydrogens (tertiary/aromatic N) is 1. The van der Waals surface area contributed by atoms with Crippen LogP contribution in [0, 0.1) is 0 Å². The summed E-state index contributed by atoms with van der Waals surface area (Å²) >= 11 is 0. The molecule has 1 aliphatic rings. The lowest BCUT2D eigenvalue weighted by Gasteiger charge is -2.43. The van der Waals surface area contributed by atoms with Crippen LogP contribution in [0.25, 0.3) is 0 Å². The quantitative estimate of drug-likeness (QED) is 0.758. The fraction of sp³-hybridized carbons (Fsp3) is 1.00. The first-order valence-electron chi connectivity index (χ1n) is 7.31. The minimum absolute atomic E-state index is 0.0177. The maximum atomic E-state index is 5.53. The Morgan fingerprint density at radius 3 is 2.17 bits per heavy atom. The average molecular weight is 256 g/mol. The molecule has 0 spiro atoms. The van der Waals surface area contributed by atoms with Gasteiger partial charge >= 0.3 is 0 Å². The molecule has 1 fully saturated rings. The highest BCUT2D eigenvalue weighted by molar-refractivity contribution is 4.95. The standard InChI is InChI=1S/C15H32N2O/c1-14(2,18-6)10-9-13(16-5)15(3,4)17-11-7-8-12-17/h13,16H,7-12H2,1-6H3. The van der Waals surface area contributed by atoms with E-state index in [-0.39, 0.29) is 11.1 Å². The van der Waals surface area contributed by atoms with Gasteiger partial charge in [-0.1, -0.05) is 0 Å². The maximum absolute atomic E-state index is 5.53. The molecule has 0 aliphatic carbocycles. The Kier molecular flexibility index (Phi) is 5.63. The highest BCUT2D eigenvalue weighted by Crippen LogP contribution is 2.28. The molecule has 0 aromatic rings. The molecule has 1 aliphatic heterocycles. The molecule has 1 unspecified atom stereocenters. The molecule has 0 saturated carbocycles. The number of hydrogen-bond acceptors (Lipinski definition) is 3. The van der Waals surface area contributed by atoms with Gasteiger partial charge in [0.1, 0.15) is 0 Å². The number of hydrogen-bond donors (Lipinski definition) is 1. The molecule has 0 aromatic heterocycles. The van der Waals surface area contributed by atoms with Crippen molar-refractivity contribution in [3.8, 4) is 0 Å². The average Bonchev–Trinajstić information content (AvgIpc) is 2.83. The topological polar surface area (TPSA) is 24.5 Å². The summed E-state index contributed by atoms with van der Waals surface area (Å²) in [6, 6.07) is 0.519. The van der Waals surface area contributed by atoms with Crippen molar-refractivity contribution in [1.29, 1.82) is 0 Å². The van der Waals surface area contributed by atoms with Crippen molar-refractivity contribution < 1.29 is 4.74 Å². The summed E-state index contributed by atoms with van der Waals surface area (Å²) in [6.07, 6.45) is 4.94. The lowest BCUT2D eigenvalue weighted by Crippen LogP contribution is -2.56. The zero-order valence-corrected chi connectivity index (χ0v) is 13.2. The Morgan fingerprint density at radius 1 is 1.17 bits per heavy atom. The third-order valence-corrected chi connectivity index (χ3v) is 4.71. The number of likely N-dealkylation sites (N-methyl/N-ethyl adjacent to an activating group) is 1. The molecule has 108 valence electrons. The summed E-state index contributed by atoms with van der Waals surface area (Å²) in [5.74, 6) is 0. The van der Waals surface area contributed by atoms with Gasteiger partial charge in [0.25, 0.3) is 0 Å². The van der Waals surface area contributed by atoms with Crippen LogP contribution in [0.3, 0.4) is 0 Å². The molecule has 18 heavy (non-hydrogen) atoms. The summed E-state index contributed by atoms with van der Waals surface area (Å²) in [6.45, 7) is 11.6. The van der Waals surface area contributed by atoms with Gasteiger partial charge in [-0.2, -0.15) is 0 Å². The second kappa shape index (κ2) is 6.36. The van der Waals surface area contributed by atoms with Gasteiger partial charge in [0.05, 0.1) is 5.60 Å². The number of nitrogens with one attached hydrogen (secondary N) is 1. The van der Waals surface area contributed by atoms with Crippen LogP contribution >= 0.6 is 0 Å². The molecule has 0 radical (unpaired) electrons. The van der Waals surface area contributed by atoms with Crippen LogP contribution in [0.4, 0.5) is 0 Å². The van der Waals surface area contributed by atoms with E-state index >= 15 is 0 Å². The van der Waals surface area contributed by atoms with Crippen LogP contribution in [-0.2, 0) is 4.74 Å². The fourth-order valence-electron chi connectivity index (χ4n) is 2.96. The van der Waals surface area contributed by atoms with Crippen LogP contribution in [0.1, 0.15) is 53.4 Å². The van der Waals surface area contributed by atoms with Gasteiger partial charge in [0, 0.05) is 18.7 Å². The minimum Gasteiger partial charge on any atom is -0.379 e. The van der Waals surface area contributed by atoms with Crippen molar-refractivity contribution in [3.05, 3.63) is 0 Å². The van der Waals surface area contributed by atoms with Crippen molar-refractivity contribution in [3.63, 3.8) is 0 Å². The van der Waals surface area contributed by atoms with Crippen molar-refractivity contribution in [2.45, 2.75) is 70.6 Å². The number of ether oxygens (including phenoxy) is 1. The third kappa shape index (κ3) is 3.94. The predicted molar refractivity (Wildman–Crippen MR) is 78.1 cm³/mol. The Labute approximate surface area is 113 Å². The van der Waals surface area contributed by atoms with Gasteiger partial charge in [0.2, 0.25) is 0 Å². The van der Waals surface area contributed by atoms with E-state index in [4.69, 9.17) is 4.74 Å². The first kappa shape index (κ1) is 15.9. The number of likely N-dealkylation sites (tertiary alicyclic amines) is 1. The van der Waals surface area contributed by atoms with Crippen LogP contribution in [0.15, 0.2) is 0 Å². The zero-order chi connectivity index (χ0) is 13.8. The largest absolute Gasteiger partial charge is 0.379 e. The second-order valence-corrected chi connectivity index (χ2v) is 6.69. The van der Waals surface area contributed by atoms with Gasteiger partial charge in [-0.25, -0.2) is 0 Å². The molecular weight excluding hydrogens is 224 g/mol. The predicted octanol–water partition coefficient (Wildman–Crippen LogP) is 2.65. The van der Waals surface area contributed by atoms with Crippen LogP contribution < -0.4 is 5.32 Å². The van der Waals surface area contributed by atoms with Crippen LogP contribution in [-0.4, -0.2) is 49.3 Å². The van der Waals surface area contributed by atoms with E-state index in [0.29, 0.717) is 6.04 Å². The van der Waals surface area contributed by atoms with E-state index in [0.717, 1.165) is 12.8 Å². The minimum atomic E-state index is -0.0177. The van der Waals surface area contributed by atoms with Gasteiger partial charge in [-0.05, 0) is 73.5 Å². The Balaban J connectivity index is 2.58. The maximum Gasteiger partial charge on any atom is 0.0623 e. The van der Waals surface area contributed by atoms with Gasteiger partial charge in [-0.15, -0.1) is 0 Å². The van der Waals surface area contributed by atoms with E-state index in [9.17, 15) is 0 Å². The first-order valence-corrected chi connectivity index (χ1v) is 7.31. The van der Waals surface area contributed by atoms with Crippen LogP contribution in [0.5, 0.6) is 0 Å². The molecule has 3 nitrogen and oxygen atoms in total. The highest BCUT2D eigenvalue weighted by Gasteiger charge is 2.36. The lowest BCUT2D eigenvalue weighted by atomic mass is 9.86. The Hall–Kier alpha value is -0.120. The fourth-order valence-corrected chi connectivity index (χ4v) is 2.96. The molecule has 1 heterocycles. The first-order chi connectivity index (χ1) is 8.33. The molecular formula is C15H32N2O. The Bertz CT molecular complexity index is 245. The molecule has 1 N–H and O–H groups in total. The van der Waals surface area contributed by atoms with E-state index < -0.39 is 0 Å². The van der Waals surface area contributed by atoms with Crippen molar-refractivity contribution in [1.82, 2.24) is 10.2 Å². The van der Waals surface area contributed by atoms with E-state index in [1.54, 1.807) is 7.11 Å². The summed E-state index contributed by atoms with van der Waals surface area (Å²) in [5.41, 5.74) is 0.214. The number of methoxy groups -OCH3 is 1. The Morgan fingerprint density at radius 2 is 1.72 bits per heavy atom. The van der Waals surface area contributed by atoms with E-state index in [2.05, 4.69) is 45.0 Å². The van der Waals surface area contributed by atoms with Gasteiger partial charge in [0.15, 0.2) is 0 Å². The molecule has 1 atom stereocenters. The summed E-state index contributed by atoms with van der Waals surface area (Å²) in [5, 5.41) is 3.52. The van der Waals surface area contributed by atoms with Crippen molar-refractivity contribution in [2.75, 3.05) is 27.2 Å². The lowest BCUT2D eigenvalue weighted by molar-refractivity contribution is 0.00510. The highest BCUT2D eigenvalue weighted by atomic mass is 16.5. The van der Waals surface area contributed by atoms with Crippen molar-refractivity contribution in [2.24, 2.45) is 0 Å².